The van der Waals surface area contributed by atoms with Crippen molar-refractivity contribution in [2.45, 2.75) is 25.2 Å². The summed E-state index contributed by atoms with van der Waals surface area (Å²) in [7, 11) is -3.53. The Morgan fingerprint density at radius 1 is 1.08 bits per heavy atom. The van der Waals surface area contributed by atoms with Gasteiger partial charge in [0.2, 0.25) is 10.0 Å². The third kappa shape index (κ3) is 4.89. The normalized spacial score (nSPS) is 11.5. The van der Waals surface area contributed by atoms with E-state index in [-0.39, 0.29) is 16.6 Å². The van der Waals surface area contributed by atoms with E-state index in [1.807, 2.05) is 0 Å². The molecule has 0 saturated heterocycles. The molecule has 0 aliphatic heterocycles. The summed E-state index contributed by atoms with van der Waals surface area (Å²) in [5, 5.41) is 2.75. The molecule has 0 fully saturated rings. The van der Waals surface area contributed by atoms with Gasteiger partial charge < -0.3 is 5.32 Å². The topological polar surface area (TPSA) is 66.5 Å². The first-order valence-electron chi connectivity index (χ1n) is 8.51. The van der Waals surface area contributed by atoms with E-state index < -0.39 is 10.0 Å². The Morgan fingerprint density at radius 3 is 2.31 bits per heavy atom. The van der Waals surface area contributed by atoms with Crippen molar-refractivity contribution in [3.63, 3.8) is 0 Å². The number of carbonyl (C=O) groups excluding carboxylic acids is 1. The zero-order valence-electron chi connectivity index (χ0n) is 14.9. The van der Waals surface area contributed by atoms with Crippen LogP contribution in [-0.4, -0.2) is 38.3 Å². The van der Waals surface area contributed by atoms with E-state index in [1.165, 1.54) is 40.7 Å². The second-order valence-electron chi connectivity index (χ2n) is 5.75. The molecular formula is C19H23FN2O3S. The van der Waals surface area contributed by atoms with Crippen LogP contribution in [0.1, 0.15) is 29.8 Å². The van der Waals surface area contributed by atoms with Crippen molar-refractivity contribution in [3.8, 4) is 0 Å². The molecule has 5 nitrogen and oxygen atoms in total. The van der Waals surface area contributed by atoms with Gasteiger partial charge in [-0.3, -0.25) is 4.79 Å². The van der Waals surface area contributed by atoms with Crippen LogP contribution >= 0.6 is 0 Å². The molecule has 140 valence electrons. The molecule has 0 bridgehead atoms. The molecule has 7 heteroatoms. The summed E-state index contributed by atoms with van der Waals surface area (Å²) in [6.07, 6.45) is 0.512. The first-order valence-corrected chi connectivity index (χ1v) is 9.95. The van der Waals surface area contributed by atoms with E-state index in [0.717, 1.165) is 5.56 Å². The number of hydrogen-bond donors (Lipinski definition) is 1. The fourth-order valence-corrected chi connectivity index (χ4v) is 4.06. The highest BCUT2D eigenvalue weighted by molar-refractivity contribution is 7.89. The van der Waals surface area contributed by atoms with Crippen molar-refractivity contribution in [3.05, 3.63) is 65.5 Å². The quantitative estimate of drug-likeness (QED) is 0.768. The number of carbonyl (C=O) groups is 1. The molecule has 0 saturated carbocycles. The van der Waals surface area contributed by atoms with Crippen LogP contribution in [0, 0.1) is 5.82 Å². The minimum atomic E-state index is -3.53. The van der Waals surface area contributed by atoms with Crippen molar-refractivity contribution in [2.24, 2.45) is 0 Å². The number of hydrogen-bond acceptors (Lipinski definition) is 3. The Morgan fingerprint density at radius 2 is 1.73 bits per heavy atom. The molecule has 0 radical (unpaired) electrons. The van der Waals surface area contributed by atoms with E-state index in [1.54, 1.807) is 26.0 Å². The van der Waals surface area contributed by atoms with Crippen LogP contribution in [-0.2, 0) is 16.4 Å². The number of nitrogens with zero attached hydrogens (tertiary/aromatic N) is 1. The fraction of sp³-hybridized carbons (Fsp3) is 0.316. The second-order valence-corrected chi connectivity index (χ2v) is 7.69. The standard InChI is InChI=1S/C19H23FN2O3S/c1-3-22(4-2)26(24,25)18-10-8-16(9-11-18)19(23)21-13-12-15-6-5-7-17(20)14-15/h5-11,14H,3-4,12-13H2,1-2H3,(H,21,23). The number of halogens is 1. The lowest BCUT2D eigenvalue weighted by molar-refractivity contribution is 0.0954. The maximum absolute atomic E-state index is 13.1. The Labute approximate surface area is 153 Å². The Bertz CT molecular complexity index is 847. The SMILES string of the molecule is CCN(CC)S(=O)(=O)c1ccc(C(=O)NCCc2cccc(F)c2)cc1. The molecular weight excluding hydrogens is 355 g/mol. The Hall–Kier alpha value is -2.25. The van der Waals surface area contributed by atoms with Crippen LogP contribution < -0.4 is 5.32 Å². The maximum Gasteiger partial charge on any atom is 0.251 e. The fourth-order valence-electron chi connectivity index (χ4n) is 2.61. The molecule has 0 spiro atoms. The average molecular weight is 378 g/mol. The van der Waals surface area contributed by atoms with Crippen molar-refractivity contribution in [1.29, 1.82) is 0 Å². The largest absolute Gasteiger partial charge is 0.352 e. The first-order chi connectivity index (χ1) is 12.4. The number of benzene rings is 2. The van der Waals surface area contributed by atoms with Crippen LogP contribution in [0.5, 0.6) is 0 Å². The average Bonchev–Trinajstić information content (AvgIpc) is 2.62. The monoisotopic (exact) mass is 378 g/mol. The van der Waals surface area contributed by atoms with Gasteiger partial charge in [0.1, 0.15) is 5.82 Å². The third-order valence-electron chi connectivity index (χ3n) is 4.05. The lowest BCUT2D eigenvalue weighted by Crippen LogP contribution is -2.30. The molecule has 0 aliphatic rings. The highest BCUT2D eigenvalue weighted by Crippen LogP contribution is 2.16. The molecule has 0 unspecified atom stereocenters. The van der Waals surface area contributed by atoms with Gasteiger partial charge >= 0.3 is 0 Å². The predicted octanol–water partition coefficient (Wildman–Crippen LogP) is 2.83. The lowest BCUT2D eigenvalue weighted by Gasteiger charge is -2.18. The summed E-state index contributed by atoms with van der Waals surface area (Å²) in [5.41, 5.74) is 1.17. The number of sulfonamides is 1. The number of nitrogens with one attached hydrogen (secondary N) is 1. The van der Waals surface area contributed by atoms with Gasteiger partial charge in [0, 0.05) is 25.2 Å². The number of amides is 1. The van der Waals surface area contributed by atoms with Gasteiger partial charge in [-0.15, -0.1) is 0 Å². The van der Waals surface area contributed by atoms with Gasteiger partial charge in [0.15, 0.2) is 0 Å². The van der Waals surface area contributed by atoms with Crippen molar-refractivity contribution < 1.29 is 17.6 Å². The molecule has 2 aromatic rings. The highest BCUT2D eigenvalue weighted by atomic mass is 32.2. The molecule has 1 N–H and O–H groups in total. The van der Waals surface area contributed by atoms with Gasteiger partial charge in [0.25, 0.3) is 5.91 Å². The molecule has 26 heavy (non-hydrogen) atoms. The maximum atomic E-state index is 13.1. The highest BCUT2D eigenvalue weighted by Gasteiger charge is 2.21. The summed E-state index contributed by atoms with van der Waals surface area (Å²) in [6, 6.07) is 12.1. The molecule has 2 rings (SSSR count). The minimum Gasteiger partial charge on any atom is -0.352 e. The first kappa shape index (κ1) is 20.1. The second kappa shape index (κ2) is 8.91. The smallest absolute Gasteiger partial charge is 0.251 e. The predicted molar refractivity (Wildman–Crippen MR) is 99.0 cm³/mol. The minimum absolute atomic E-state index is 0.164. The number of rotatable bonds is 8. The summed E-state index contributed by atoms with van der Waals surface area (Å²) < 4.78 is 39.3. The zero-order chi connectivity index (χ0) is 19.2. The molecule has 2 aromatic carbocycles. The van der Waals surface area contributed by atoms with E-state index >= 15 is 0 Å². The molecule has 0 aromatic heterocycles. The summed E-state index contributed by atoms with van der Waals surface area (Å²) in [6.45, 7) is 4.70. The molecule has 0 aliphatic carbocycles. The van der Waals surface area contributed by atoms with Gasteiger partial charge in [-0.25, -0.2) is 12.8 Å². The van der Waals surface area contributed by atoms with Gasteiger partial charge in [-0.1, -0.05) is 26.0 Å². The third-order valence-corrected chi connectivity index (χ3v) is 6.11. The van der Waals surface area contributed by atoms with Crippen LogP contribution in [0.15, 0.2) is 53.4 Å². The summed E-state index contributed by atoms with van der Waals surface area (Å²) in [4.78, 5) is 12.3. The lowest BCUT2D eigenvalue weighted by atomic mass is 10.1. The van der Waals surface area contributed by atoms with E-state index in [4.69, 9.17) is 0 Å². The Kier molecular flexibility index (Phi) is 6.88. The van der Waals surface area contributed by atoms with Gasteiger partial charge in [-0.05, 0) is 48.4 Å². The van der Waals surface area contributed by atoms with Crippen molar-refractivity contribution in [1.82, 2.24) is 9.62 Å². The molecule has 0 heterocycles. The van der Waals surface area contributed by atoms with Gasteiger partial charge in [-0.2, -0.15) is 4.31 Å². The van der Waals surface area contributed by atoms with Crippen molar-refractivity contribution in [2.75, 3.05) is 19.6 Å². The van der Waals surface area contributed by atoms with Crippen LogP contribution in [0.4, 0.5) is 4.39 Å². The summed E-state index contributed by atoms with van der Waals surface area (Å²) in [5.74, 6) is -0.605. The Balaban J connectivity index is 1.98. The summed E-state index contributed by atoms with van der Waals surface area (Å²) >= 11 is 0. The van der Waals surface area contributed by atoms with Gasteiger partial charge in [0.05, 0.1) is 4.90 Å². The van der Waals surface area contributed by atoms with Crippen LogP contribution in [0.3, 0.4) is 0 Å². The van der Waals surface area contributed by atoms with Crippen LogP contribution in [0.2, 0.25) is 0 Å². The molecule has 1 amide bonds. The zero-order valence-corrected chi connectivity index (χ0v) is 15.7. The van der Waals surface area contributed by atoms with E-state index in [0.29, 0.717) is 31.6 Å². The van der Waals surface area contributed by atoms with Crippen LogP contribution in [0.25, 0.3) is 0 Å². The van der Waals surface area contributed by atoms with Crippen molar-refractivity contribution >= 4 is 15.9 Å². The van der Waals surface area contributed by atoms with E-state index in [9.17, 15) is 17.6 Å². The van der Waals surface area contributed by atoms with E-state index in [2.05, 4.69) is 5.32 Å². The molecule has 0 atom stereocenters.